The van der Waals surface area contributed by atoms with E-state index in [1.807, 2.05) is 57.2 Å². The van der Waals surface area contributed by atoms with Crippen LogP contribution in [0.2, 0.25) is 0 Å². The van der Waals surface area contributed by atoms with Crippen molar-refractivity contribution in [1.29, 1.82) is 0 Å². The summed E-state index contributed by atoms with van der Waals surface area (Å²) in [4.78, 5) is 26.2. The number of anilines is 1. The zero-order chi connectivity index (χ0) is 15.4. The molecule has 0 saturated heterocycles. The maximum Gasteiger partial charge on any atom is 0.251 e. The van der Waals surface area contributed by atoms with Crippen molar-refractivity contribution in [1.82, 2.24) is 4.57 Å². The van der Waals surface area contributed by atoms with Crippen molar-refractivity contribution < 1.29 is 4.79 Å². The summed E-state index contributed by atoms with van der Waals surface area (Å²) in [5, 5.41) is 0. The lowest BCUT2D eigenvalue weighted by Crippen LogP contribution is -2.40. The number of hydrogen-bond acceptors (Lipinski definition) is 2. The summed E-state index contributed by atoms with van der Waals surface area (Å²) in [7, 11) is 0. The third-order valence-electron chi connectivity index (χ3n) is 3.28. The number of aromatic nitrogens is 1. The number of carbonyl (C=O) groups excluding carboxylic acids is 1. The maximum atomic E-state index is 12.6. The van der Waals surface area contributed by atoms with Gasteiger partial charge in [-0.05, 0) is 44.5 Å². The van der Waals surface area contributed by atoms with Crippen molar-refractivity contribution in [2.75, 3.05) is 4.90 Å². The number of hydrogen-bond donors (Lipinski definition) is 0. The molecule has 0 aliphatic carbocycles. The number of rotatable bonds is 4. The molecule has 0 fully saturated rings. The third kappa shape index (κ3) is 3.60. The van der Waals surface area contributed by atoms with E-state index in [9.17, 15) is 9.59 Å². The summed E-state index contributed by atoms with van der Waals surface area (Å²) in [6, 6.07) is 12.9. The average Bonchev–Trinajstić information content (AvgIpc) is 2.43. The number of pyridine rings is 1. The molecule has 0 unspecified atom stereocenters. The molecule has 0 radical (unpaired) electrons. The normalized spacial score (nSPS) is 10.7. The van der Waals surface area contributed by atoms with Gasteiger partial charge in [0.15, 0.2) is 0 Å². The molecule has 0 aliphatic rings. The van der Waals surface area contributed by atoms with Crippen LogP contribution in [0.5, 0.6) is 0 Å². The number of amides is 1. The largest absolute Gasteiger partial charge is 0.308 e. The molecule has 2 aromatic rings. The molecule has 4 nitrogen and oxygen atoms in total. The molecule has 0 N–H and O–H groups in total. The standard InChI is InChI=1S/C17H20N2O2/c1-13(2)19(15-7-5-4-6-8-15)17(21)12-18-10-9-14(3)11-16(18)20/h4-11,13H,12H2,1-3H3. The number of aryl methyl sites for hydroxylation is 1. The van der Waals surface area contributed by atoms with E-state index >= 15 is 0 Å². The average molecular weight is 284 g/mol. The molecule has 0 aliphatic heterocycles. The highest BCUT2D eigenvalue weighted by atomic mass is 16.2. The predicted octanol–water partition coefficient (Wildman–Crippen LogP) is 2.60. The van der Waals surface area contributed by atoms with Gasteiger partial charge in [-0.2, -0.15) is 0 Å². The predicted molar refractivity (Wildman–Crippen MR) is 84.5 cm³/mol. The molecule has 1 aromatic heterocycles. The highest BCUT2D eigenvalue weighted by Gasteiger charge is 2.19. The van der Waals surface area contributed by atoms with Crippen molar-refractivity contribution >= 4 is 11.6 Å². The summed E-state index contributed by atoms with van der Waals surface area (Å²) >= 11 is 0. The molecule has 0 bridgehead atoms. The van der Waals surface area contributed by atoms with Gasteiger partial charge in [-0.25, -0.2) is 0 Å². The van der Waals surface area contributed by atoms with Crippen molar-refractivity contribution in [2.24, 2.45) is 0 Å². The molecular formula is C17H20N2O2. The van der Waals surface area contributed by atoms with Gasteiger partial charge in [0.05, 0.1) is 0 Å². The van der Waals surface area contributed by atoms with Gasteiger partial charge in [-0.3, -0.25) is 9.59 Å². The van der Waals surface area contributed by atoms with Crippen LogP contribution in [-0.2, 0) is 11.3 Å². The summed E-state index contributed by atoms with van der Waals surface area (Å²) in [5.41, 5.74) is 1.59. The van der Waals surface area contributed by atoms with E-state index in [1.54, 1.807) is 11.1 Å². The first kappa shape index (κ1) is 15.0. The van der Waals surface area contributed by atoms with Crippen LogP contribution in [-0.4, -0.2) is 16.5 Å². The van der Waals surface area contributed by atoms with E-state index in [0.29, 0.717) is 0 Å². The number of carbonyl (C=O) groups is 1. The van der Waals surface area contributed by atoms with Crippen molar-refractivity contribution in [3.05, 3.63) is 64.6 Å². The van der Waals surface area contributed by atoms with Gasteiger partial charge in [0, 0.05) is 24.0 Å². The Morgan fingerprint density at radius 2 is 1.86 bits per heavy atom. The molecule has 0 saturated carbocycles. The summed E-state index contributed by atoms with van der Waals surface area (Å²) < 4.78 is 1.44. The third-order valence-corrected chi connectivity index (χ3v) is 3.28. The Labute approximate surface area is 124 Å². The molecular weight excluding hydrogens is 264 g/mol. The summed E-state index contributed by atoms with van der Waals surface area (Å²) in [5.74, 6) is -0.0952. The number of para-hydroxylation sites is 1. The lowest BCUT2D eigenvalue weighted by Gasteiger charge is -2.27. The molecule has 0 spiro atoms. The molecule has 0 atom stereocenters. The minimum Gasteiger partial charge on any atom is -0.308 e. The number of nitrogens with zero attached hydrogens (tertiary/aromatic N) is 2. The Morgan fingerprint density at radius 1 is 1.19 bits per heavy atom. The summed E-state index contributed by atoms with van der Waals surface area (Å²) in [6.07, 6.45) is 1.67. The summed E-state index contributed by atoms with van der Waals surface area (Å²) in [6.45, 7) is 5.83. The molecule has 1 heterocycles. The van der Waals surface area contributed by atoms with E-state index in [2.05, 4.69) is 0 Å². The van der Waals surface area contributed by atoms with Crippen LogP contribution >= 0.6 is 0 Å². The Kier molecular flexibility index (Phi) is 4.58. The molecule has 1 aromatic carbocycles. The Balaban J connectivity index is 2.26. The van der Waals surface area contributed by atoms with Gasteiger partial charge in [-0.15, -0.1) is 0 Å². The first-order valence-corrected chi connectivity index (χ1v) is 7.03. The van der Waals surface area contributed by atoms with Gasteiger partial charge in [0.1, 0.15) is 6.54 Å². The van der Waals surface area contributed by atoms with Crippen molar-refractivity contribution in [3.8, 4) is 0 Å². The first-order valence-electron chi connectivity index (χ1n) is 7.03. The van der Waals surface area contributed by atoms with E-state index in [1.165, 1.54) is 10.6 Å². The van der Waals surface area contributed by atoms with Gasteiger partial charge >= 0.3 is 0 Å². The second-order valence-electron chi connectivity index (χ2n) is 5.36. The van der Waals surface area contributed by atoms with E-state index in [0.717, 1.165) is 11.3 Å². The van der Waals surface area contributed by atoms with Crippen molar-refractivity contribution in [3.63, 3.8) is 0 Å². The van der Waals surface area contributed by atoms with Crippen LogP contribution in [0, 0.1) is 6.92 Å². The van der Waals surface area contributed by atoms with Gasteiger partial charge in [-0.1, -0.05) is 18.2 Å². The first-order chi connectivity index (χ1) is 9.99. The Morgan fingerprint density at radius 3 is 2.43 bits per heavy atom. The van der Waals surface area contributed by atoms with Crippen LogP contribution < -0.4 is 10.5 Å². The fourth-order valence-electron chi connectivity index (χ4n) is 2.28. The lowest BCUT2D eigenvalue weighted by molar-refractivity contribution is -0.119. The number of benzene rings is 1. The van der Waals surface area contributed by atoms with E-state index in [4.69, 9.17) is 0 Å². The van der Waals surface area contributed by atoms with E-state index in [-0.39, 0.29) is 24.1 Å². The molecule has 110 valence electrons. The van der Waals surface area contributed by atoms with Crippen LogP contribution in [0.25, 0.3) is 0 Å². The monoisotopic (exact) mass is 284 g/mol. The quantitative estimate of drug-likeness (QED) is 0.866. The van der Waals surface area contributed by atoms with Crippen LogP contribution in [0.3, 0.4) is 0 Å². The highest BCUT2D eigenvalue weighted by Crippen LogP contribution is 2.17. The smallest absolute Gasteiger partial charge is 0.251 e. The van der Waals surface area contributed by atoms with Crippen LogP contribution in [0.4, 0.5) is 5.69 Å². The minimum atomic E-state index is -0.153. The Hall–Kier alpha value is -2.36. The van der Waals surface area contributed by atoms with Gasteiger partial charge < -0.3 is 9.47 Å². The Bertz CT molecular complexity index is 675. The fourth-order valence-corrected chi connectivity index (χ4v) is 2.28. The topological polar surface area (TPSA) is 42.3 Å². The lowest BCUT2D eigenvalue weighted by atomic mass is 10.2. The highest BCUT2D eigenvalue weighted by molar-refractivity contribution is 5.93. The molecule has 2 rings (SSSR count). The second-order valence-corrected chi connectivity index (χ2v) is 5.36. The van der Waals surface area contributed by atoms with Gasteiger partial charge in [0.2, 0.25) is 5.91 Å². The van der Waals surface area contributed by atoms with Gasteiger partial charge in [0.25, 0.3) is 5.56 Å². The fraction of sp³-hybridized carbons (Fsp3) is 0.294. The van der Waals surface area contributed by atoms with E-state index < -0.39 is 0 Å². The zero-order valence-electron chi connectivity index (χ0n) is 12.6. The molecule has 1 amide bonds. The molecule has 21 heavy (non-hydrogen) atoms. The van der Waals surface area contributed by atoms with Crippen LogP contribution in [0.1, 0.15) is 19.4 Å². The van der Waals surface area contributed by atoms with Crippen molar-refractivity contribution in [2.45, 2.75) is 33.4 Å². The van der Waals surface area contributed by atoms with Crippen LogP contribution in [0.15, 0.2) is 53.5 Å². The SMILES string of the molecule is Cc1ccn(CC(=O)N(c2ccccc2)C(C)C)c(=O)c1. The maximum absolute atomic E-state index is 12.6. The zero-order valence-corrected chi connectivity index (χ0v) is 12.6. The second kappa shape index (κ2) is 6.39. The minimum absolute atomic E-state index is 0.0288. The molecule has 4 heteroatoms.